The molecule has 0 aromatic heterocycles. The molecule has 13 nitrogen and oxygen atoms in total. The number of ether oxygens (including phenoxy) is 2. The van der Waals surface area contributed by atoms with Crippen molar-refractivity contribution in [3.63, 3.8) is 0 Å². The number of hydrogen-bond donors (Lipinski definition) is 3. The van der Waals surface area contributed by atoms with Gasteiger partial charge in [0.2, 0.25) is 5.91 Å². The van der Waals surface area contributed by atoms with Crippen LogP contribution in [0.1, 0.15) is 87.5 Å². The molecule has 13 heteroatoms. The molecule has 0 unspecified atom stereocenters. The molecule has 2 atom stereocenters. The third-order valence-corrected chi connectivity index (χ3v) is 4.56. The van der Waals surface area contributed by atoms with Crippen LogP contribution in [0.25, 0.3) is 0 Å². The van der Waals surface area contributed by atoms with E-state index >= 15 is 0 Å². The number of amides is 5. The Morgan fingerprint density at radius 3 is 1.86 bits per heavy atom. The van der Waals surface area contributed by atoms with Crippen LogP contribution in [-0.2, 0) is 33.5 Å². The minimum atomic E-state index is -1.20. The maximum Gasteiger partial charge on any atom is 0.433 e. The van der Waals surface area contributed by atoms with Gasteiger partial charge in [0, 0.05) is 19.3 Å². The van der Waals surface area contributed by atoms with Crippen molar-refractivity contribution in [3.05, 3.63) is 0 Å². The molecule has 1 fully saturated rings. The van der Waals surface area contributed by atoms with Gasteiger partial charge in [0.15, 0.2) is 0 Å². The van der Waals surface area contributed by atoms with Gasteiger partial charge in [0.1, 0.15) is 23.4 Å². The number of imide groups is 1. The third-order valence-electron chi connectivity index (χ3n) is 4.56. The zero-order valence-electron chi connectivity index (χ0n) is 22.9. The Hall–Kier alpha value is -3.38. The smallest absolute Gasteiger partial charge is 0.433 e. The van der Waals surface area contributed by atoms with Crippen LogP contribution in [-0.4, -0.2) is 64.4 Å². The van der Waals surface area contributed by atoms with Crippen molar-refractivity contribution >= 4 is 35.9 Å². The van der Waals surface area contributed by atoms with Gasteiger partial charge in [0.05, 0.1) is 0 Å². The summed E-state index contributed by atoms with van der Waals surface area (Å²) in [7, 11) is 0. The Labute approximate surface area is 217 Å². The Balaban J connectivity index is 2.93. The summed E-state index contributed by atoms with van der Waals surface area (Å²) in [4.78, 5) is 78.2. The summed E-state index contributed by atoms with van der Waals surface area (Å²) in [6.45, 7) is 13.8. The largest absolute Gasteiger partial charge is 0.460 e. The van der Waals surface area contributed by atoms with E-state index in [1.165, 1.54) is 0 Å². The molecule has 0 saturated carbocycles. The van der Waals surface area contributed by atoms with Gasteiger partial charge < -0.3 is 24.9 Å². The normalized spacial score (nSPS) is 15.6. The van der Waals surface area contributed by atoms with E-state index in [2.05, 4.69) is 16.0 Å². The average Bonchev–Trinajstić information content (AvgIpc) is 2.99. The van der Waals surface area contributed by atoms with E-state index in [1.807, 2.05) is 13.8 Å². The number of esters is 1. The van der Waals surface area contributed by atoms with Crippen molar-refractivity contribution in [1.29, 1.82) is 0 Å². The van der Waals surface area contributed by atoms with Crippen molar-refractivity contribution < 1.29 is 43.1 Å². The monoisotopic (exact) mass is 528 g/mol. The van der Waals surface area contributed by atoms with Crippen LogP contribution in [0.3, 0.4) is 0 Å². The topological polar surface area (TPSA) is 169 Å². The number of carbonyl (C=O) groups is 6. The lowest BCUT2D eigenvalue weighted by Crippen LogP contribution is -2.56. The Kier molecular flexibility index (Phi) is 11.3. The predicted octanol–water partition coefficient (Wildman–Crippen LogP) is 2.28. The minimum Gasteiger partial charge on any atom is -0.460 e. The molecule has 1 saturated heterocycles. The molecule has 3 N–H and O–H groups in total. The van der Waals surface area contributed by atoms with Crippen molar-refractivity contribution in [1.82, 2.24) is 21.0 Å². The molecule has 1 heterocycles. The van der Waals surface area contributed by atoms with Crippen LogP contribution in [0.2, 0.25) is 0 Å². The van der Waals surface area contributed by atoms with Crippen LogP contribution in [0.5, 0.6) is 0 Å². The molecule has 1 aliphatic heterocycles. The molecule has 210 valence electrons. The molecule has 1 rings (SSSR count). The number of nitrogens with one attached hydrogen (secondary N) is 3. The summed E-state index contributed by atoms with van der Waals surface area (Å²) < 4.78 is 10.5. The lowest BCUT2D eigenvalue weighted by atomic mass is 10.1. The van der Waals surface area contributed by atoms with Gasteiger partial charge in [-0.1, -0.05) is 13.8 Å². The van der Waals surface area contributed by atoms with E-state index in [1.54, 1.807) is 41.5 Å². The van der Waals surface area contributed by atoms with Crippen molar-refractivity contribution in [2.24, 2.45) is 5.92 Å². The number of carbonyl (C=O) groups excluding carboxylic acids is 6. The second-order valence-electron chi connectivity index (χ2n) is 11.1. The van der Waals surface area contributed by atoms with Gasteiger partial charge >= 0.3 is 18.2 Å². The molecule has 37 heavy (non-hydrogen) atoms. The second-order valence-corrected chi connectivity index (χ2v) is 11.1. The maximum atomic E-state index is 13.1. The molecular formula is C24H40N4O9. The summed E-state index contributed by atoms with van der Waals surface area (Å²) >= 11 is 0. The first-order valence-electron chi connectivity index (χ1n) is 12.2. The summed E-state index contributed by atoms with van der Waals surface area (Å²) in [5.74, 6) is -2.55. The number of nitrogens with zero attached hydrogens (tertiary/aromatic N) is 1. The maximum absolute atomic E-state index is 13.1. The number of hydrogen-bond acceptors (Lipinski definition) is 9. The zero-order valence-corrected chi connectivity index (χ0v) is 22.9. The standard InChI is InChI=1S/C24H40N4O9/c1-14(2)13-16(27-22(34)37-28-17(29)10-11-18(28)30)26-20(32)15(25-21(33)36-24(6,7)8)9-12-19(31)35-23(3,4)5/h14-16H,9-13H2,1-8H3,(H,25,33)(H,26,32)(H,27,34)/t15-,16+/m0/s1. The predicted molar refractivity (Wildman–Crippen MR) is 130 cm³/mol. The van der Waals surface area contributed by atoms with Gasteiger partial charge in [-0.25, -0.2) is 9.59 Å². The highest BCUT2D eigenvalue weighted by molar-refractivity contribution is 6.01. The Morgan fingerprint density at radius 2 is 1.38 bits per heavy atom. The van der Waals surface area contributed by atoms with Gasteiger partial charge in [-0.2, -0.15) is 0 Å². The highest BCUT2D eigenvalue weighted by Gasteiger charge is 2.34. The van der Waals surface area contributed by atoms with E-state index in [-0.39, 0.29) is 38.0 Å². The zero-order chi connectivity index (χ0) is 28.6. The summed E-state index contributed by atoms with van der Waals surface area (Å²) in [6.07, 6.45) is -3.09. The highest BCUT2D eigenvalue weighted by Crippen LogP contribution is 2.14. The van der Waals surface area contributed by atoms with Crippen LogP contribution in [0.15, 0.2) is 0 Å². The van der Waals surface area contributed by atoms with Crippen LogP contribution in [0.4, 0.5) is 9.59 Å². The van der Waals surface area contributed by atoms with Gasteiger partial charge in [-0.3, -0.25) is 24.5 Å². The van der Waals surface area contributed by atoms with E-state index < -0.39 is 59.3 Å². The molecule has 0 aliphatic carbocycles. The second kappa shape index (κ2) is 13.2. The first-order chi connectivity index (χ1) is 16.9. The molecule has 0 bridgehead atoms. The highest BCUT2D eigenvalue weighted by atomic mass is 16.7. The van der Waals surface area contributed by atoms with Gasteiger partial charge in [-0.15, -0.1) is 5.06 Å². The van der Waals surface area contributed by atoms with Crippen molar-refractivity contribution in [2.75, 3.05) is 0 Å². The fraction of sp³-hybridized carbons (Fsp3) is 0.750. The summed E-state index contributed by atoms with van der Waals surface area (Å²) in [5, 5.41) is 7.86. The molecule has 0 aromatic carbocycles. The molecule has 0 spiro atoms. The van der Waals surface area contributed by atoms with E-state index in [9.17, 15) is 28.8 Å². The van der Waals surface area contributed by atoms with E-state index in [4.69, 9.17) is 14.3 Å². The summed E-state index contributed by atoms with van der Waals surface area (Å²) in [6, 6.07) is -1.20. The fourth-order valence-corrected chi connectivity index (χ4v) is 3.18. The lowest BCUT2D eigenvalue weighted by Gasteiger charge is -2.27. The average molecular weight is 529 g/mol. The lowest BCUT2D eigenvalue weighted by molar-refractivity contribution is -0.171. The first-order valence-corrected chi connectivity index (χ1v) is 12.2. The third kappa shape index (κ3) is 12.9. The SMILES string of the molecule is CC(C)C[C@@H](NC(=O)ON1C(=O)CCC1=O)NC(=O)[C@H](CCC(=O)OC(C)(C)C)NC(=O)OC(C)(C)C. The van der Waals surface area contributed by atoms with Gasteiger partial charge in [-0.05, 0) is 60.3 Å². The number of alkyl carbamates (subject to hydrolysis) is 1. The molecular weight excluding hydrogens is 488 g/mol. The quantitative estimate of drug-likeness (QED) is 0.219. The fourth-order valence-electron chi connectivity index (χ4n) is 3.18. The molecule has 1 aliphatic rings. The number of rotatable bonds is 10. The Bertz CT molecular complexity index is 858. The summed E-state index contributed by atoms with van der Waals surface area (Å²) in [5.41, 5.74) is -1.55. The molecule has 5 amide bonds. The van der Waals surface area contributed by atoms with Gasteiger partial charge in [0.25, 0.3) is 11.8 Å². The number of hydroxylamine groups is 2. The molecule has 0 radical (unpaired) electrons. The van der Waals surface area contributed by atoms with Crippen LogP contribution < -0.4 is 16.0 Å². The van der Waals surface area contributed by atoms with E-state index in [0.717, 1.165) is 0 Å². The van der Waals surface area contributed by atoms with E-state index in [0.29, 0.717) is 5.06 Å². The van der Waals surface area contributed by atoms with Crippen LogP contribution >= 0.6 is 0 Å². The van der Waals surface area contributed by atoms with Crippen molar-refractivity contribution in [3.8, 4) is 0 Å². The Morgan fingerprint density at radius 1 is 0.838 bits per heavy atom. The molecule has 0 aromatic rings. The van der Waals surface area contributed by atoms with Crippen molar-refractivity contribution in [2.45, 2.75) is 111 Å². The minimum absolute atomic E-state index is 0.000297. The first kappa shape index (κ1) is 31.6. The van der Waals surface area contributed by atoms with Crippen LogP contribution in [0, 0.1) is 5.92 Å².